The molecule has 0 atom stereocenters. The molecule has 2 heterocycles. The SMILES string of the molecule is CCOC(=O)c1s/c(=N\N=C\c2c(-c3ccc([N+](=O)[O-])cc3)[nH]c3ccccc23)n(-c2ccc(O)cc2)c1C. The third-order valence-corrected chi connectivity index (χ3v) is 7.17. The molecule has 0 radical (unpaired) electrons. The molecule has 0 spiro atoms. The maximum absolute atomic E-state index is 12.6. The van der Waals surface area contributed by atoms with E-state index in [0.29, 0.717) is 21.1 Å². The summed E-state index contributed by atoms with van der Waals surface area (Å²) in [5.41, 5.74) is 4.48. The number of nitro groups is 1. The topological polar surface area (TPSA) is 135 Å². The second-order valence-electron chi connectivity index (χ2n) is 8.48. The number of phenols is 1. The average molecular weight is 542 g/mol. The molecule has 39 heavy (non-hydrogen) atoms. The molecule has 3 aromatic carbocycles. The zero-order valence-electron chi connectivity index (χ0n) is 21.0. The lowest BCUT2D eigenvalue weighted by Crippen LogP contribution is -2.14. The highest BCUT2D eigenvalue weighted by molar-refractivity contribution is 7.11. The Kier molecular flexibility index (Phi) is 7.06. The second kappa shape index (κ2) is 10.8. The molecule has 0 aliphatic heterocycles. The van der Waals surface area contributed by atoms with Gasteiger partial charge < -0.3 is 14.8 Å². The van der Waals surface area contributed by atoms with Gasteiger partial charge in [0.15, 0.2) is 0 Å². The van der Waals surface area contributed by atoms with Crippen molar-refractivity contribution in [3.63, 3.8) is 0 Å². The molecule has 11 heteroatoms. The van der Waals surface area contributed by atoms with Gasteiger partial charge in [-0.25, -0.2) is 4.79 Å². The Morgan fingerprint density at radius 2 is 1.85 bits per heavy atom. The molecular weight excluding hydrogens is 518 g/mol. The second-order valence-corrected chi connectivity index (χ2v) is 9.46. The lowest BCUT2D eigenvalue weighted by molar-refractivity contribution is -0.384. The number of rotatable bonds is 7. The predicted molar refractivity (Wildman–Crippen MR) is 150 cm³/mol. The lowest BCUT2D eigenvalue weighted by Gasteiger charge is -2.06. The smallest absolute Gasteiger partial charge is 0.350 e. The lowest BCUT2D eigenvalue weighted by atomic mass is 10.1. The minimum Gasteiger partial charge on any atom is -0.508 e. The summed E-state index contributed by atoms with van der Waals surface area (Å²) in [6, 6.07) is 20.5. The van der Waals surface area contributed by atoms with Gasteiger partial charge in [0.2, 0.25) is 4.80 Å². The number of aromatic amines is 1. The number of ether oxygens (including phenoxy) is 1. The number of aromatic hydroxyl groups is 1. The van der Waals surface area contributed by atoms with Crippen molar-refractivity contribution in [3.05, 3.63) is 104 Å². The summed E-state index contributed by atoms with van der Waals surface area (Å²) in [4.78, 5) is 27.5. The van der Waals surface area contributed by atoms with Crippen LogP contribution in [0.1, 0.15) is 27.9 Å². The van der Waals surface area contributed by atoms with Crippen molar-refractivity contribution in [2.75, 3.05) is 6.61 Å². The number of esters is 1. The van der Waals surface area contributed by atoms with E-state index < -0.39 is 10.9 Å². The van der Waals surface area contributed by atoms with Crippen molar-refractivity contribution in [2.24, 2.45) is 10.2 Å². The summed E-state index contributed by atoms with van der Waals surface area (Å²) in [6.45, 7) is 3.78. The molecule has 2 aromatic heterocycles. The fourth-order valence-corrected chi connectivity index (χ4v) is 5.21. The molecule has 0 aliphatic carbocycles. The van der Waals surface area contributed by atoms with Gasteiger partial charge in [-0.3, -0.25) is 14.7 Å². The van der Waals surface area contributed by atoms with E-state index in [9.17, 15) is 20.0 Å². The van der Waals surface area contributed by atoms with Gasteiger partial charge in [0, 0.05) is 40.0 Å². The number of aromatic nitrogens is 2. The van der Waals surface area contributed by atoms with E-state index in [0.717, 1.165) is 39.1 Å². The van der Waals surface area contributed by atoms with Crippen LogP contribution < -0.4 is 4.80 Å². The highest BCUT2D eigenvalue weighted by atomic mass is 32.1. The number of hydrogen-bond acceptors (Lipinski definition) is 8. The summed E-state index contributed by atoms with van der Waals surface area (Å²) in [5, 5.41) is 30.6. The highest BCUT2D eigenvalue weighted by Crippen LogP contribution is 2.30. The summed E-state index contributed by atoms with van der Waals surface area (Å²) in [7, 11) is 0. The van der Waals surface area contributed by atoms with Crippen molar-refractivity contribution in [1.82, 2.24) is 9.55 Å². The zero-order chi connectivity index (χ0) is 27.5. The van der Waals surface area contributed by atoms with E-state index >= 15 is 0 Å². The Hall–Kier alpha value is -5.03. The number of thiazole rings is 1. The largest absolute Gasteiger partial charge is 0.508 e. The van der Waals surface area contributed by atoms with Gasteiger partial charge >= 0.3 is 5.97 Å². The monoisotopic (exact) mass is 541 g/mol. The number of fused-ring (bicyclic) bond motifs is 1. The number of nitrogens with zero attached hydrogens (tertiary/aromatic N) is 4. The van der Waals surface area contributed by atoms with E-state index in [1.54, 1.807) is 61.0 Å². The fraction of sp³-hybridized carbons (Fsp3) is 0.107. The molecule has 0 saturated heterocycles. The maximum atomic E-state index is 12.6. The number of carbonyl (C=O) groups excluding carboxylic acids is 1. The Bertz CT molecular complexity index is 1780. The van der Waals surface area contributed by atoms with Gasteiger partial charge in [0.1, 0.15) is 10.6 Å². The van der Waals surface area contributed by atoms with Gasteiger partial charge in [0.05, 0.1) is 23.4 Å². The Labute approximate surface area is 226 Å². The van der Waals surface area contributed by atoms with Crippen LogP contribution in [-0.4, -0.2) is 38.4 Å². The third-order valence-electron chi connectivity index (χ3n) is 6.06. The van der Waals surface area contributed by atoms with Crippen LogP contribution in [0.4, 0.5) is 5.69 Å². The van der Waals surface area contributed by atoms with Gasteiger partial charge in [-0.1, -0.05) is 29.5 Å². The number of para-hydroxylation sites is 1. The first kappa shape index (κ1) is 25.6. The van der Waals surface area contributed by atoms with Crippen LogP contribution >= 0.6 is 11.3 Å². The highest BCUT2D eigenvalue weighted by Gasteiger charge is 2.19. The Morgan fingerprint density at radius 3 is 2.54 bits per heavy atom. The number of nitrogens with one attached hydrogen (secondary N) is 1. The van der Waals surface area contributed by atoms with Crippen LogP contribution in [0.5, 0.6) is 5.75 Å². The number of carbonyl (C=O) groups is 1. The number of hydrogen-bond donors (Lipinski definition) is 2. The van der Waals surface area contributed by atoms with E-state index in [1.165, 1.54) is 12.1 Å². The summed E-state index contributed by atoms with van der Waals surface area (Å²) < 4.78 is 7.00. The van der Waals surface area contributed by atoms with Crippen molar-refractivity contribution >= 4 is 40.1 Å². The standard InChI is InChI=1S/C28H23N5O5S/c1-3-38-27(35)26-17(2)32(19-12-14-21(34)15-13-19)28(39-26)31-29-16-23-22-6-4-5-7-24(22)30-25(23)18-8-10-20(11-9-18)33(36)37/h4-16,30,34H,3H2,1-2H3/b29-16+,31-28-. The molecule has 0 fully saturated rings. The molecule has 10 nitrogen and oxygen atoms in total. The minimum absolute atomic E-state index is 0.00401. The van der Waals surface area contributed by atoms with Crippen molar-refractivity contribution < 1.29 is 19.6 Å². The number of nitro benzene ring substituents is 1. The van der Waals surface area contributed by atoms with Gasteiger partial charge in [-0.2, -0.15) is 5.10 Å². The molecule has 0 bridgehead atoms. The molecule has 196 valence electrons. The third kappa shape index (κ3) is 5.07. The molecule has 5 aromatic rings. The molecule has 0 amide bonds. The van der Waals surface area contributed by atoms with E-state index in [2.05, 4.69) is 15.2 Å². The molecule has 0 aliphatic rings. The average Bonchev–Trinajstić information content (AvgIpc) is 3.47. The van der Waals surface area contributed by atoms with Crippen LogP contribution in [0.25, 0.3) is 27.8 Å². The van der Waals surface area contributed by atoms with E-state index in [-0.39, 0.29) is 18.0 Å². The molecule has 5 rings (SSSR count). The first-order valence-corrected chi connectivity index (χ1v) is 12.8. The van der Waals surface area contributed by atoms with Crippen LogP contribution in [-0.2, 0) is 4.74 Å². The van der Waals surface area contributed by atoms with E-state index in [1.807, 2.05) is 24.3 Å². The van der Waals surface area contributed by atoms with Crippen LogP contribution in [0, 0.1) is 17.0 Å². The van der Waals surface area contributed by atoms with Crippen LogP contribution in [0.15, 0.2) is 83.0 Å². The Morgan fingerprint density at radius 1 is 1.13 bits per heavy atom. The van der Waals surface area contributed by atoms with E-state index in [4.69, 9.17) is 4.74 Å². The van der Waals surface area contributed by atoms with Gasteiger partial charge in [-0.15, -0.1) is 5.10 Å². The number of non-ortho nitro benzene ring substituents is 1. The van der Waals surface area contributed by atoms with Crippen LogP contribution in [0.3, 0.4) is 0 Å². The maximum Gasteiger partial charge on any atom is 0.350 e. The van der Waals surface area contributed by atoms with Gasteiger partial charge in [0.25, 0.3) is 5.69 Å². The zero-order valence-corrected chi connectivity index (χ0v) is 21.8. The molecule has 2 N–H and O–H groups in total. The predicted octanol–water partition coefficient (Wildman–Crippen LogP) is 5.72. The number of H-pyrrole nitrogens is 1. The fourth-order valence-electron chi connectivity index (χ4n) is 4.22. The minimum atomic E-state index is -0.449. The summed E-state index contributed by atoms with van der Waals surface area (Å²) >= 11 is 1.15. The van der Waals surface area contributed by atoms with Crippen molar-refractivity contribution in [2.45, 2.75) is 13.8 Å². The van der Waals surface area contributed by atoms with Crippen molar-refractivity contribution in [1.29, 1.82) is 0 Å². The molecular formula is C28H23N5O5S. The van der Waals surface area contributed by atoms with Gasteiger partial charge in [-0.05, 0) is 61.9 Å². The van der Waals surface area contributed by atoms with Crippen molar-refractivity contribution in [3.8, 4) is 22.7 Å². The summed E-state index contributed by atoms with van der Waals surface area (Å²) in [5.74, 6) is -0.331. The molecule has 0 saturated carbocycles. The first-order chi connectivity index (χ1) is 18.9. The summed E-state index contributed by atoms with van der Waals surface area (Å²) in [6.07, 6.45) is 1.62. The quantitative estimate of drug-likeness (QED) is 0.118. The first-order valence-electron chi connectivity index (χ1n) is 12.0. The van der Waals surface area contributed by atoms with Crippen LogP contribution in [0.2, 0.25) is 0 Å². The molecule has 0 unspecified atom stereocenters. The Balaban J connectivity index is 1.63. The number of benzene rings is 3. The normalized spacial score (nSPS) is 11.9. The number of phenolic OH excluding ortho intramolecular Hbond substituents is 1.